The van der Waals surface area contributed by atoms with Gasteiger partial charge in [-0.3, -0.25) is 5.26 Å². The molecule has 0 spiro atoms. The molecule has 27 heavy (non-hydrogen) atoms. The fourth-order valence-electron chi connectivity index (χ4n) is 2.87. The number of alkyl halides is 2. The third-order valence-corrected chi connectivity index (χ3v) is 4.27. The molecule has 2 aliphatic rings. The van der Waals surface area contributed by atoms with Gasteiger partial charge in [0.1, 0.15) is 6.10 Å². The lowest BCUT2D eigenvalue weighted by Crippen LogP contribution is -2.47. The zero-order chi connectivity index (χ0) is 20.3. The molecule has 2 rings (SSSR count). The van der Waals surface area contributed by atoms with E-state index in [9.17, 15) is 22.0 Å². The highest BCUT2D eigenvalue weighted by Crippen LogP contribution is 2.42. The molecule has 0 aromatic heterocycles. The van der Waals surface area contributed by atoms with Crippen LogP contribution in [-0.2, 0) is 14.4 Å². The van der Waals surface area contributed by atoms with Crippen LogP contribution in [0.25, 0.3) is 0 Å². The molecule has 0 aromatic carbocycles. The van der Waals surface area contributed by atoms with Gasteiger partial charge in [0.25, 0.3) is 0 Å². The van der Waals surface area contributed by atoms with E-state index >= 15 is 0 Å². The van der Waals surface area contributed by atoms with Gasteiger partial charge in [-0.05, 0) is 44.6 Å². The standard InChI is InChI=1S/C13H17F5O3.C5H8O/c1-2-5-8(13(17,18)11(14)12(15)16)10(21-19)9-6-3-4-7-20-9;1-2-4-6-5-3-1/h2,8-10,19H,1,3-7H2;2,4H,1,3,5H2. The molecule has 0 aromatic rings. The SMILES string of the molecule is C1=COCCC1.C=CCC(C(OO)C1CCCCO1)C(F)(F)C(F)=C(F)F. The molecule has 3 atom stereocenters. The maximum absolute atomic E-state index is 13.9. The zero-order valence-electron chi connectivity index (χ0n) is 14.9. The highest BCUT2D eigenvalue weighted by atomic mass is 19.3. The highest BCUT2D eigenvalue weighted by molar-refractivity contribution is 5.10. The van der Waals surface area contributed by atoms with E-state index in [-0.39, 0.29) is 6.61 Å². The summed E-state index contributed by atoms with van der Waals surface area (Å²) < 4.78 is 75.4. The summed E-state index contributed by atoms with van der Waals surface area (Å²) in [6, 6.07) is 0. The largest absolute Gasteiger partial charge is 0.502 e. The minimum Gasteiger partial charge on any atom is -0.502 e. The molecule has 0 amide bonds. The van der Waals surface area contributed by atoms with Crippen molar-refractivity contribution in [3.63, 3.8) is 0 Å². The molecule has 0 saturated carbocycles. The molecule has 2 heterocycles. The van der Waals surface area contributed by atoms with Gasteiger partial charge in [0.2, 0.25) is 5.83 Å². The molecule has 0 aliphatic carbocycles. The molecule has 3 unspecified atom stereocenters. The fourth-order valence-corrected chi connectivity index (χ4v) is 2.87. The van der Waals surface area contributed by atoms with Crippen molar-refractivity contribution >= 4 is 0 Å². The van der Waals surface area contributed by atoms with Gasteiger partial charge in [-0.1, -0.05) is 6.08 Å². The average molecular weight is 400 g/mol. The summed E-state index contributed by atoms with van der Waals surface area (Å²) in [6.45, 7) is 4.43. The second-order valence-electron chi connectivity index (χ2n) is 6.19. The molecule has 2 aliphatic heterocycles. The number of halogens is 5. The van der Waals surface area contributed by atoms with Gasteiger partial charge in [-0.25, -0.2) is 4.89 Å². The first-order valence-electron chi connectivity index (χ1n) is 8.74. The quantitative estimate of drug-likeness (QED) is 0.260. The summed E-state index contributed by atoms with van der Waals surface area (Å²) >= 11 is 0. The van der Waals surface area contributed by atoms with Crippen LogP contribution >= 0.6 is 0 Å². The molecule has 1 saturated heterocycles. The van der Waals surface area contributed by atoms with Gasteiger partial charge in [0, 0.05) is 6.61 Å². The number of hydrogen-bond donors (Lipinski definition) is 1. The minimum absolute atomic E-state index is 0.271. The summed E-state index contributed by atoms with van der Waals surface area (Å²) in [5, 5.41) is 8.89. The maximum atomic E-state index is 13.9. The summed E-state index contributed by atoms with van der Waals surface area (Å²) in [7, 11) is 0. The van der Waals surface area contributed by atoms with Crippen LogP contribution in [0.15, 0.2) is 36.9 Å². The zero-order valence-corrected chi connectivity index (χ0v) is 14.9. The van der Waals surface area contributed by atoms with Gasteiger partial charge in [-0.2, -0.15) is 22.0 Å². The van der Waals surface area contributed by atoms with Crippen molar-refractivity contribution < 1.29 is 41.6 Å². The number of rotatable bonds is 7. The van der Waals surface area contributed by atoms with Crippen molar-refractivity contribution in [2.24, 2.45) is 5.92 Å². The Balaban J connectivity index is 0.000000511. The van der Waals surface area contributed by atoms with E-state index in [2.05, 4.69) is 11.5 Å². The van der Waals surface area contributed by atoms with Crippen LogP contribution in [-0.4, -0.2) is 36.6 Å². The Morgan fingerprint density at radius 2 is 2.00 bits per heavy atom. The van der Waals surface area contributed by atoms with E-state index in [1.807, 2.05) is 6.08 Å². The molecular formula is C18H25F5O4. The van der Waals surface area contributed by atoms with E-state index in [0.717, 1.165) is 12.7 Å². The summed E-state index contributed by atoms with van der Waals surface area (Å²) in [4.78, 5) is 4.03. The van der Waals surface area contributed by atoms with Crippen LogP contribution in [0.5, 0.6) is 0 Å². The van der Waals surface area contributed by atoms with Crippen molar-refractivity contribution in [3.05, 3.63) is 36.9 Å². The van der Waals surface area contributed by atoms with Crippen LogP contribution in [0.3, 0.4) is 0 Å². The molecule has 1 fully saturated rings. The third-order valence-electron chi connectivity index (χ3n) is 4.27. The van der Waals surface area contributed by atoms with Crippen LogP contribution < -0.4 is 0 Å². The van der Waals surface area contributed by atoms with Gasteiger partial charge in [-0.15, -0.1) is 6.58 Å². The van der Waals surface area contributed by atoms with E-state index in [1.54, 1.807) is 6.26 Å². The predicted molar refractivity (Wildman–Crippen MR) is 89.0 cm³/mol. The fraction of sp³-hybridized carbons (Fsp3) is 0.667. The predicted octanol–water partition coefficient (Wildman–Crippen LogP) is 5.63. The number of hydrogen-bond acceptors (Lipinski definition) is 4. The third kappa shape index (κ3) is 7.23. The summed E-state index contributed by atoms with van der Waals surface area (Å²) in [5.74, 6) is -9.38. The van der Waals surface area contributed by atoms with E-state index in [0.29, 0.717) is 19.3 Å². The van der Waals surface area contributed by atoms with Gasteiger partial charge in [0.15, 0.2) is 0 Å². The molecule has 9 heteroatoms. The monoisotopic (exact) mass is 400 g/mol. The van der Waals surface area contributed by atoms with Crippen LogP contribution in [0.2, 0.25) is 0 Å². The number of allylic oxidation sites excluding steroid dienone is 3. The first kappa shape index (κ1) is 23.6. The lowest BCUT2D eigenvalue weighted by atomic mass is 9.85. The molecule has 0 bridgehead atoms. The van der Waals surface area contributed by atoms with Gasteiger partial charge < -0.3 is 9.47 Å². The van der Waals surface area contributed by atoms with Crippen LogP contribution in [0, 0.1) is 5.92 Å². The maximum Gasteiger partial charge on any atom is 0.309 e. The van der Waals surface area contributed by atoms with Crippen LogP contribution in [0.1, 0.15) is 38.5 Å². The Morgan fingerprint density at radius 1 is 1.26 bits per heavy atom. The lowest BCUT2D eigenvalue weighted by molar-refractivity contribution is -0.328. The highest BCUT2D eigenvalue weighted by Gasteiger charge is 2.52. The Morgan fingerprint density at radius 3 is 2.37 bits per heavy atom. The Hall–Kier alpha value is -1.45. The topological polar surface area (TPSA) is 47.9 Å². The van der Waals surface area contributed by atoms with E-state index in [4.69, 9.17) is 14.7 Å². The second kappa shape index (κ2) is 12.1. The normalized spacial score (nSPS) is 21.9. The molecule has 0 radical (unpaired) electrons. The smallest absolute Gasteiger partial charge is 0.309 e. The van der Waals surface area contributed by atoms with Crippen molar-refractivity contribution in [3.8, 4) is 0 Å². The van der Waals surface area contributed by atoms with E-state index < -0.39 is 42.4 Å². The number of ether oxygens (including phenoxy) is 2. The average Bonchev–Trinajstić information content (AvgIpc) is 2.69. The molecular weight excluding hydrogens is 375 g/mol. The second-order valence-corrected chi connectivity index (χ2v) is 6.19. The lowest BCUT2D eigenvalue weighted by Gasteiger charge is -2.36. The summed E-state index contributed by atoms with van der Waals surface area (Å²) in [5.41, 5.74) is 0. The van der Waals surface area contributed by atoms with Crippen LogP contribution in [0.4, 0.5) is 22.0 Å². The van der Waals surface area contributed by atoms with Crippen molar-refractivity contribution in [1.29, 1.82) is 0 Å². The Labute approximate surface area is 155 Å². The Kier molecular flexibility index (Phi) is 10.6. The minimum atomic E-state index is -4.50. The first-order chi connectivity index (χ1) is 12.9. The Bertz CT molecular complexity index is 492. The molecule has 156 valence electrons. The molecule has 4 nitrogen and oxygen atoms in total. The van der Waals surface area contributed by atoms with E-state index in [1.165, 1.54) is 12.8 Å². The van der Waals surface area contributed by atoms with Gasteiger partial charge >= 0.3 is 12.0 Å². The van der Waals surface area contributed by atoms with Crippen molar-refractivity contribution in [2.75, 3.05) is 13.2 Å². The van der Waals surface area contributed by atoms with Crippen molar-refractivity contribution in [1.82, 2.24) is 0 Å². The molecule has 1 N–H and O–H groups in total. The first-order valence-corrected chi connectivity index (χ1v) is 8.74. The summed E-state index contributed by atoms with van der Waals surface area (Å²) in [6.07, 6.45) is 2.70. The van der Waals surface area contributed by atoms with Gasteiger partial charge in [0.05, 0.1) is 24.9 Å². The van der Waals surface area contributed by atoms with Crippen molar-refractivity contribution in [2.45, 2.75) is 56.7 Å².